The summed E-state index contributed by atoms with van der Waals surface area (Å²) in [6, 6.07) is 5.46. The van der Waals surface area contributed by atoms with E-state index in [1.165, 1.54) is 0 Å². The molecule has 0 aliphatic carbocycles. The Morgan fingerprint density at radius 2 is 2.12 bits per heavy atom. The molecule has 0 unspecified atom stereocenters. The summed E-state index contributed by atoms with van der Waals surface area (Å²) in [4.78, 5) is 26.8. The van der Waals surface area contributed by atoms with Crippen LogP contribution < -0.4 is 26.4 Å². The fourth-order valence-electron chi connectivity index (χ4n) is 2.08. The van der Waals surface area contributed by atoms with Crippen molar-refractivity contribution in [3.63, 3.8) is 0 Å². The van der Waals surface area contributed by atoms with E-state index in [9.17, 15) is 9.59 Å². The Morgan fingerprint density at radius 3 is 2.76 bits per heavy atom. The summed E-state index contributed by atoms with van der Waals surface area (Å²) in [6.07, 6.45) is 1.05. The van der Waals surface area contributed by atoms with Crippen LogP contribution in [0.1, 0.15) is 16.8 Å². The number of nitrogens with zero attached hydrogens (tertiary/aromatic N) is 1. The standard InChI is InChI=1S/C16H23N5O4/c17-13(15(23)24)10-21-14(22)11-2-4-12(5-3-11)25-9-8-20-16-18-6-1-7-19-16/h2-5,13H,1,6-10,17H2,(H,21,22)(H,23,24)(H2,18,19,20)/t13-/m0/s1. The number of hydrogen-bond acceptors (Lipinski definition) is 7. The highest BCUT2D eigenvalue weighted by molar-refractivity contribution is 5.94. The molecule has 2 rings (SSSR count). The summed E-state index contributed by atoms with van der Waals surface area (Å²) in [7, 11) is 0. The summed E-state index contributed by atoms with van der Waals surface area (Å²) < 4.78 is 5.59. The van der Waals surface area contributed by atoms with Gasteiger partial charge in [-0.2, -0.15) is 0 Å². The van der Waals surface area contributed by atoms with E-state index < -0.39 is 12.0 Å². The number of aliphatic imine (C=N–C) groups is 1. The van der Waals surface area contributed by atoms with Crippen molar-refractivity contribution in [2.24, 2.45) is 10.7 Å². The first-order chi connectivity index (χ1) is 12.1. The Kier molecular flexibility index (Phi) is 7.02. The van der Waals surface area contributed by atoms with Crippen molar-refractivity contribution < 1.29 is 19.4 Å². The average molecular weight is 349 g/mol. The Morgan fingerprint density at radius 1 is 1.36 bits per heavy atom. The molecule has 0 bridgehead atoms. The molecule has 0 spiro atoms. The lowest BCUT2D eigenvalue weighted by atomic mass is 10.2. The molecule has 1 amide bonds. The third kappa shape index (κ3) is 6.30. The van der Waals surface area contributed by atoms with Crippen LogP contribution in [0.4, 0.5) is 0 Å². The lowest BCUT2D eigenvalue weighted by Gasteiger charge is -2.16. The quantitative estimate of drug-likeness (QED) is 0.385. The smallest absolute Gasteiger partial charge is 0.322 e. The summed E-state index contributed by atoms with van der Waals surface area (Å²) in [5.41, 5.74) is 5.74. The highest BCUT2D eigenvalue weighted by Gasteiger charge is 2.13. The molecular formula is C16H23N5O4. The van der Waals surface area contributed by atoms with Crippen LogP contribution in [-0.4, -0.2) is 61.8 Å². The summed E-state index contributed by atoms with van der Waals surface area (Å²) in [5.74, 6) is -0.112. The predicted molar refractivity (Wildman–Crippen MR) is 92.8 cm³/mol. The van der Waals surface area contributed by atoms with Gasteiger partial charge in [-0.1, -0.05) is 0 Å². The number of guanidine groups is 1. The van der Waals surface area contributed by atoms with Crippen LogP contribution in [-0.2, 0) is 4.79 Å². The minimum Gasteiger partial charge on any atom is -0.492 e. The van der Waals surface area contributed by atoms with Crippen molar-refractivity contribution in [1.82, 2.24) is 16.0 Å². The van der Waals surface area contributed by atoms with Crippen LogP contribution >= 0.6 is 0 Å². The lowest BCUT2D eigenvalue weighted by molar-refractivity contribution is -0.138. The molecule has 0 radical (unpaired) electrons. The Labute approximate surface area is 145 Å². The molecule has 1 heterocycles. The largest absolute Gasteiger partial charge is 0.492 e. The molecule has 1 aromatic rings. The topological polar surface area (TPSA) is 138 Å². The van der Waals surface area contributed by atoms with E-state index in [1.54, 1.807) is 24.3 Å². The summed E-state index contributed by atoms with van der Waals surface area (Å²) >= 11 is 0. The molecule has 1 aliphatic heterocycles. The first-order valence-electron chi connectivity index (χ1n) is 8.08. The number of benzene rings is 1. The number of nitrogens with one attached hydrogen (secondary N) is 3. The van der Waals surface area contributed by atoms with E-state index in [1.807, 2.05) is 0 Å². The number of hydrogen-bond donors (Lipinski definition) is 5. The van der Waals surface area contributed by atoms with Crippen molar-refractivity contribution in [2.45, 2.75) is 12.5 Å². The average Bonchev–Trinajstić information content (AvgIpc) is 2.64. The van der Waals surface area contributed by atoms with E-state index in [-0.39, 0.29) is 12.5 Å². The number of rotatable bonds is 8. The zero-order valence-corrected chi connectivity index (χ0v) is 13.8. The number of nitrogens with two attached hydrogens (primary N) is 1. The van der Waals surface area contributed by atoms with Crippen molar-refractivity contribution in [3.8, 4) is 5.75 Å². The first-order valence-corrected chi connectivity index (χ1v) is 8.08. The van der Waals surface area contributed by atoms with Gasteiger partial charge in [-0.3, -0.25) is 14.6 Å². The molecule has 0 saturated heterocycles. The third-order valence-electron chi connectivity index (χ3n) is 3.48. The second kappa shape index (κ2) is 9.48. The van der Waals surface area contributed by atoms with Gasteiger partial charge in [-0.15, -0.1) is 0 Å². The zero-order chi connectivity index (χ0) is 18.1. The predicted octanol–water partition coefficient (Wildman–Crippen LogP) is -0.854. The zero-order valence-electron chi connectivity index (χ0n) is 13.8. The Bertz CT molecular complexity index is 617. The van der Waals surface area contributed by atoms with Gasteiger partial charge < -0.3 is 31.5 Å². The number of carbonyl (C=O) groups is 2. The molecule has 9 heteroatoms. The number of aliphatic carboxylic acids is 1. The highest BCUT2D eigenvalue weighted by atomic mass is 16.5. The second-order valence-electron chi connectivity index (χ2n) is 5.47. The monoisotopic (exact) mass is 349 g/mol. The van der Waals surface area contributed by atoms with E-state index in [0.717, 1.165) is 25.5 Å². The van der Waals surface area contributed by atoms with Gasteiger partial charge in [-0.05, 0) is 30.7 Å². The molecule has 0 saturated carbocycles. The molecule has 1 aliphatic rings. The van der Waals surface area contributed by atoms with E-state index in [0.29, 0.717) is 24.5 Å². The van der Waals surface area contributed by atoms with Crippen molar-refractivity contribution in [2.75, 3.05) is 32.8 Å². The van der Waals surface area contributed by atoms with Crippen LogP contribution in [0.25, 0.3) is 0 Å². The van der Waals surface area contributed by atoms with Crippen molar-refractivity contribution in [1.29, 1.82) is 0 Å². The normalized spacial score (nSPS) is 14.7. The molecule has 1 aromatic carbocycles. The highest BCUT2D eigenvalue weighted by Crippen LogP contribution is 2.11. The maximum atomic E-state index is 11.9. The SMILES string of the molecule is N[C@@H](CNC(=O)c1ccc(OCCNC2=NCCCN2)cc1)C(=O)O. The molecule has 25 heavy (non-hydrogen) atoms. The second-order valence-corrected chi connectivity index (χ2v) is 5.47. The van der Waals surface area contributed by atoms with Crippen molar-refractivity contribution >= 4 is 17.8 Å². The van der Waals surface area contributed by atoms with E-state index >= 15 is 0 Å². The molecule has 9 nitrogen and oxygen atoms in total. The summed E-state index contributed by atoms with van der Waals surface area (Å²) in [6.45, 7) is 2.70. The van der Waals surface area contributed by atoms with Crippen molar-refractivity contribution in [3.05, 3.63) is 29.8 Å². The third-order valence-corrected chi connectivity index (χ3v) is 3.48. The minimum atomic E-state index is -1.16. The van der Waals surface area contributed by atoms with Gasteiger partial charge in [0, 0.05) is 25.2 Å². The maximum Gasteiger partial charge on any atom is 0.322 e. The molecular weight excluding hydrogens is 326 g/mol. The molecule has 0 fully saturated rings. The van der Waals surface area contributed by atoms with Gasteiger partial charge in [-0.25, -0.2) is 0 Å². The molecule has 1 atom stereocenters. The van der Waals surface area contributed by atoms with E-state index in [4.69, 9.17) is 15.6 Å². The number of amides is 1. The van der Waals surface area contributed by atoms with Crippen LogP contribution in [0.15, 0.2) is 29.3 Å². The van der Waals surface area contributed by atoms with Gasteiger partial charge in [0.15, 0.2) is 5.96 Å². The van der Waals surface area contributed by atoms with Crippen LogP contribution in [0, 0.1) is 0 Å². The van der Waals surface area contributed by atoms with Gasteiger partial charge in [0.2, 0.25) is 0 Å². The molecule has 0 aromatic heterocycles. The molecule has 136 valence electrons. The van der Waals surface area contributed by atoms with Gasteiger partial charge in [0.1, 0.15) is 18.4 Å². The molecule has 6 N–H and O–H groups in total. The summed E-state index contributed by atoms with van der Waals surface area (Å²) in [5, 5.41) is 17.5. The van der Waals surface area contributed by atoms with E-state index in [2.05, 4.69) is 20.9 Å². The Balaban J connectivity index is 1.70. The fraction of sp³-hybridized carbons (Fsp3) is 0.438. The van der Waals surface area contributed by atoms with Crippen LogP contribution in [0.2, 0.25) is 0 Å². The minimum absolute atomic E-state index is 0.129. The maximum absolute atomic E-state index is 11.9. The van der Waals surface area contributed by atoms with Gasteiger partial charge in [0.05, 0.1) is 6.54 Å². The number of carbonyl (C=O) groups excluding carboxylic acids is 1. The van der Waals surface area contributed by atoms with Gasteiger partial charge in [0.25, 0.3) is 5.91 Å². The van der Waals surface area contributed by atoms with Gasteiger partial charge >= 0.3 is 5.97 Å². The number of carboxylic acid groups (broad SMARTS) is 1. The lowest BCUT2D eigenvalue weighted by Crippen LogP contribution is -2.42. The fourth-order valence-corrected chi connectivity index (χ4v) is 2.08. The van der Waals surface area contributed by atoms with Crippen LogP contribution in [0.5, 0.6) is 5.75 Å². The Hall–Kier alpha value is -2.81. The van der Waals surface area contributed by atoms with Crippen LogP contribution in [0.3, 0.4) is 0 Å². The number of carboxylic acids is 1. The first kappa shape index (κ1) is 18.5. The number of ether oxygens (including phenoxy) is 1.